The van der Waals surface area contributed by atoms with Crippen LogP contribution < -0.4 is 10.6 Å². The molecule has 2 aromatic carbocycles. The fraction of sp³-hybridized carbons (Fsp3) is 0.350. The molecule has 0 aliphatic heterocycles. The number of carbonyl (C=O) groups is 1. The van der Waals surface area contributed by atoms with Crippen molar-refractivity contribution in [2.45, 2.75) is 32.5 Å². The molecule has 128 valence electrons. The first-order valence-electron chi connectivity index (χ1n) is 8.45. The molecule has 2 amide bonds. The van der Waals surface area contributed by atoms with E-state index in [0.717, 1.165) is 18.5 Å². The number of hydrogen-bond acceptors (Lipinski definition) is 2. The van der Waals surface area contributed by atoms with Gasteiger partial charge in [-0.15, -0.1) is 0 Å². The molecule has 2 rings (SSSR count). The van der Waals surface area contributed by atoms with Crippen LogP contribution in [0.1, 0.15) is 24.5 Å². The molecule has 1 unspecified atom stereocenters. The average molecular weight is 325 g/mol. The summed E-state index contributed by atoms with van der Waals surface area (Å²) in [6.07, 6.45) is 0.919. The molecule has 0 radical (unpaired) electrons. The van der Waals surface area contributed by atoms with Crippen LogP contribution in [0.15, 0.2) is 60.7 Å². The largest absolute Gasteiger partial charge is 0.338 e. The van der Waals surface area contributed by atoms with E-state index >= 15 is 0 Å². The molecule has 0 spiro atoms. The molecule has 4 nitrogen and oxygen atoms in total. The Morgan fingerprint density at radius 1 is 0.958 bits per heavy atom. The Bertz CT molecular complexity index is 601. The Labute approximate surface area is 144 Å². The Kier molecular flexibility index (Phi) is 7.30. The summed E-state index contributed by atoms with van der Waals surface area (Å²) >= 11 is 0. The van der Waals surface area contributed by atoms with Crippen LogP contribution in [-0.2, 0) is 13.1 Å². The maximum Gasteiger partial charge on any atom is 0.315 e. The van der Waals surface area contributed by atoms with E-state index in [1.54, 1.807) is 0 Å². The molecule has 0 aromatic heterocycles. The molecule has 1 atom stereocenters. The third-order valence-corrected chi connectivity index (χ3v) is 4.17. The minimum atomic E-state index is -0.114. The molecule has 0 heterocycles. The first-order chi connectivity index (χ1) is 11.6. The lowest BCUT2D eigenvalue weighted by atomic mass is 10.1. The molecule has 2 N–H and O–H groups in total. The molecule has 0 bridgehead atoms. The highest BCUT2D eigenvalue weighted by molar-refractivity contribution is 5.73. The van der Waals surface area contributed by atoms with Gasteiger partial charge in [-0.25, -0.2) is 4.79 Å². The smallest absolute Gasteiger partial charge is 0.315 e. The monoisotopic (exact) mass is 325 g/mol. The van der Waals surface area contributed by atoms with Crippen LogP contribution in [0.2, 0.25) is 0 Å². The summed E-state index contributed by atoms with van der Waals surface area (Å²) in [5.74, 6) is 0. The Hall–Kier alpha value is -2.33. The summed E-state index contributed by atoms with van der Waals surface area (Å²) in [4.78, 5) is 14.1. The Morgan fingerprint density at radius 2 is 1.54 bits per heavy atom. The van der Waals surface area contributed by atoms with E-state index in [0.29, 0.717) is 19.1 Å². The van der Waals surface area contributed by atoms with Crippen LogP contribution in [-0.4, -0.2) is 30.6 Å². The first-order valence-corrected chi connectivity index (χ1v) is 8.45. The molecule has 0 aliphatic rings. The van der Waals surface area contributed by atoms with Gasteiger partial charge in [-0.1, -0.05) is 60.7 Å². The zero-order chi connectivity index (χ0) is 17.2. The van der Waals surface area contributed by atoms with Gasteiger partial charge in [0.2, 0.25) is 0 Å². The van der Waals surface area contributed by atoms with Crippen LogP contribution in [0, 0.1) is 0 Å². The summed E-state index contributed by atoms with van der Waals surface area (Å²) in [6.45, 7) is 4.33. The summed E-state index contributed by atoms with van der Waals surface area (Å²) in [5, 5.41) is 5.80. The highest BCUT2D eigenvalue weighted by atomic mass is 16.2. The summed E-state index contributed by atoms with van der Waals surface area (Å²) in [6, 6.07) is 20.6. The van der Waals surface area contributed by atoms with E-state index in [2.05, 4.69) is 53.8 Å². The van der Waals surface area contributed by atoms with Crippen molar-refractivity contribution in [2.75, 3.05) is 13.6 Å². The summed E-state index contributed by atoms with van der Waals surface area (Å²) in [7, 11) is 2.12. The van der Waals surface area contributed by atoms with Gasteiger partial charge in [0.15, 0.2) is 0 Å². The number of benzene rings is 2. The summed E-state index contributed by atoms with van der Waals surface area (Å²) < 4.78 is 0. The minimum Gasteiger partial charge on any atom is -0.338 e. The molecule has 0 saturated heterocycles. The van der Waals surface area contributed by atoms with Gasteiger partial charge in [-0.3, -0.25) is 4.90 Å². The second-order valence-electron chi connectivity index (χ2n) is 6.13. The number of nitrogens with one attached hydrogen (secondary N) is 2. The quantitative estimate of drug-likeness (QED) is 0.781. The highest BCUT2D eigenvalue weighted by Gasteiger charge is 2.10. The van der Waals surface area contributed by atoms with Gasteiger partial charge in [0, 0.05) is 25.7 Å². The number of rotatable bonds is 8. The van der Waals surface area contributed by atoms with Crippen molar-refractivity contribution in [2.24, 2.45) is 0 Å². The van der Waals surface area contributed by atoms with Gasteiger partial charge >= 0.3 is 6.03 Å². The topological polar surface area (TPSA) is 44.4 Å². The van der Waals surface area contributed by atoms with Gasteiger partial charge in [-0.05, 0) is 31.5 Å². The maximum absolute atomic E-state index is 11.8. The van der Waals surface area contributed by atoms with Gasteiger partial charge in [0.05, 0.1) is 0 Å². The van der Waals surface area contributed by atoms with Crippen molar-refractivity contribution in [3.63, 3.8) is 0 Å². The van der Waals surface area contributed by atoms with Crippen LogP contribution in [0.4, 0.5) is 4.79 Å². The number of carbonyl (C=O) groups excluding carboxylic acids is 1. The molecule has 2 aromatic rings. The molecular formula is C20H27N3O. The SMILES string of the molecule is CC(CCNC(=O)NCc1ccccc1)N(C)Cc1ccccc1. The molecule has 0 aliphatic carbocycles. The van der Waals surface area contributed by atoms with Crippen LogP contribution in [0.5, 0.6) is 0 Å². The fourth-order valence-electron chi connectivity index (χ4n) is 2.48. The normalized spacial score (nSPS) is 12.0. The van der Waals surface area contributed by atoms with Crippen molar-refractivity contribution in [3.05, 3.63) is 71.8 Å². The van der Waals surface area contributed by atoms with E-state index in [1.807, 2.05) is 36.4 Å². The number of urea groups is 1. The van der Waals surface area contributed by atoms with Crippen LogP contribution >= 0.6 is 0 Å². The van der Waals surface area contributed by atoms with Crippen molar-refractivity contribution in [1.29, 1.82) is 0 Å². The fourth-order valence-corrected chi connectivity index (χ4v) is 2.48. The van der Waals surface area contributed by atoms with Gasteiger partial charge in [-0.2, -0.15) is 0 Å². The molecular weight excluding hydrogens is 298 g/mol. The predicted octanol–water partition coefficient (Wildman–Crippen LogP) is 3.40. The number of amides is 2. The van der Waals surface area contributed by atoms with E-state index in [9.17, 15) is 4.79 Å². The maximum atomic E-state index is 11.8. The standard InChI is InChI=1S/C20H27N3O/c1-17(23(2)16-19-11-7-4-8-12-19)13-14-21-20(24)22-15-18-9-5-3-6-10-18/h3-12,17H,13-16H2,1-2H3,(H2,21,22,24). The molecule has 0 fully saturated rings. The highest BCUT2D eigenvalue weighted by Crippen LogP contribution is 2.07. The van der Waals surface area contributed by atoms with Crippen molar-refractivity contribution >= 4 is 6.03 Å². The zero-order valence-corrected chi connectivity index (χ0v) is 14.5. The summed E-state index contributed by atoms with van der Waals surface area (Å²) in [5.41, 5.74) is 2.41. The van der Waals surface area contributed by atoms with Crippen LogP contribution in [0.25, 0.3) is 0 Å². The van der Waals surface area contributed by atoms with E-state index in [4.69, 9.17) is 0 Å². The average Bonchev–Trinajstić information content (AvgIpc) is 2.61. The Balaban J connectivity index is 1.62. The van der Waals surface area contributed by atoms with E-state index < -0.39 is 0 Å². The van der Waals surface area contributed by atoms with Gasteiger partial charge in [0.1, 0.15) is 0 Å². The van der Waals surface area contributed by atoms with E-state index in [1.165, 1.54) is 5.56 Å². The number of nitrogens with zero attached hydrogens (tertiary/aromatic N) is 1. The molecule has 0 saturated carbocycles. The zero-order valence-electron chi connectivity index (χ0n) is 14.5. The third-order valence-electron chi connectivity index (χ3n) is 4.17. The second kappa shape index (κ2) is 9.73. The van der Waals surface area contributed by atoms with Crippen molar-refractivity contribution in [3.8, 4) is 0 Å². The first kappa shape index (κ1) is 18.0. The van der Waals surface area contributed by atoms with Crippen molar-refractivity contribution < 1.29 is 4.79 Å². The van der Waals surface area contributed by atoms with Gasteiger partial charge in [0.25, 0.3) is 0 Å². The van der Waals surface area contributed by atoms with Crippen LogP contribution in [0.3, 0.4) is 0 Å². The third kappa shape index (κ3) is 6.42. The van der Waals surface area contributed by atoms with E-state index in [-0.39, 0.29) is 6.03 Å². The predicted molar refractivity (Wildman–Crippen MR) is 98.7 cm³/mol. The minimum absolute atomic E-state index is 0.114. The molecule has 24 heavy (non-hydrogen) atoms. The molecule has 4 heteroatoms. The van der Waals surface area contributed by atoms with Crippen molar-refractivity contribution in [1.82, 2.24) is 15.5 Å². The lowest BCUT2D eigenvalue weighted by molar-refractivity contribution is 0.227. The second-order valence-corrected chi connectivity index (χ2v) is 6.13. The lowest BCUT2D eigenvalue weighted by Crippen LogP contribution is -2.38. The lowest BCUT2D eigenvalue weighted by Gasteiger charge is -2.25. The van der Waals surface area contributed by atoms with Gasteiger partial charge < -0.3 is 10.6 Å². The Morgan fingerprint density at radius 3 is 2.17 bits per heavy atom. The number of hydrogen-bond donors (Lipinski definition) is 2.